The zero-order valence-corrected chi connectivity index (χ0v) is 43.2. The summed E-state index contributed by atoms with van der Waals surface area (Å²) in [5.74, 6) is 0. The van der Waals surface area contributed by atoms with Gasteiger partial charge in [-0.15, -0.1) is 0 Å². The highest BCUT2D eigenvalue weighted by atomic mass is 79.9. The highest BCUT2D eigenvalue weighted by Crippen LogP contribution is 2.41. The summed E-state index contributed by atoms with van der Waals surface area (Å²) in [4.78, 5) is 15.0. The van der Waals surface area contributed by atoms with Crippen LogP contribution in [0.25, 0.3) is 78.3 Å². The Morgan fingerprint density at radius 1 is 0.304 bits per heavy atom. The van der Waals surface area contributed by atoms with Crippen LogP contribution in [0.3, 0.4) is 0 Å². The zero-order valence-electron chi connectivity index (χ0n) is 38.4. The first-order valence-corrected chi connectivity index (χ1v) is 25.7. The van der Waals surface area contributed by atoms with Gasteiger partial charge in [0, 0.05) is 54.3 Å². The Morgan fingerprint density at radius 2 is 0.739 bits per heavy atom. The summed E-state index contributed by atoms with van der Waals surface area (Å²) in [6, 6.07) is 67.3. The van der Waals surface area contributed by atoms with Crippen LogP contribution in [-0.4, -0.2) is 15.0 Å². The Bertz CT molecular complexity index is 3340. The molecule has 0 saturated carbocycles. The van der Waals surface area contributed by atoms with Crippen molar-refractivity contribution in [3.05, 3.63) is 253 Å². The average molecular weight is 1090 g/mol. The number of hydrogen-bond acceptors (Lipinski definition) is 3. The van der Waals surface area contributed by atoms with E-state index in [0.29, 0.717) is 0 Å². The van der Waals surface area contributed by atoms with Crippen LogP contribution in [0.5, 0.6) is 0 Å². The van der Waals surface area contributed by atoms with Crippen LogP contribution in [0.2, 0.25) is 0 Å². The second-order valence-corrected chi connectivity index (χ2v) is 20.4. The zero-order chi connectivity index (χ0) is 47.3. The number of halogens is 3. The number of hydrogen-bond donors (Lipinski definition) is 0. The lowest BCUT2D eigenvalue weighted by Crippen LogP contribution is -2.01. The molecule has 0 aliphatic carbocycles. The Labute approximate surface area is 430 Å². The molecular weight excluding hydrogens is 1040 g/mol. The van der Waals surface area contributed by atoms with Crippen molar-refractivity contribution in [2.24, 2.45) is 0 Å². The fraction of sp³-hybridized carbons (Fsp3) is 0.0952. The molecule has 3 aromatic heterocycles. The van der Waals surface area contributed by atoms with Crippen LogP contribution in [0.4, 0.5) is 0 Å². The molecule has 0 spiro atoms. The Morgan fingerprint density at radius 3 is 1.25 bits per heavy atom. The van der Waals surface area contributed by atoms with Gasteiger partial charge in [-0.3, -0.25) is 15.0 Å². The van der Waals surface area contributed by atoms with Gasteiger partial charge in [0.05, 0.1) is 17.1 Å². The molecule has 336 valence electrons. The Hall–Kier alpha value is -6.57. The molecule has 6 heteroatoms. The van der Waals surface area contributed by atoms with Crippen molar-refractivity contribution in [3.8, 4) is 78.3 Å². The maximum absolute atomic E-state index is 5.15. The molecule has 0 atom stereocenters. The molecular formula is C63H48Br3N3. The summed E-state index contributed by atoms with van der Waals surface area (Å²) >= 11 is 11.0. The van der Waals surface area contributed by atoms with Gasteiger partial charge in [0.15, 0.2) is 0 Å². The normalized spacial score (nSPS) is 11.2. The minimum absolute atomic E-state index is 0.881. The van der Waals surface area contributed by atoms with Gasteiger partial charge in [-0.1, -0.05) is 181 Å². The van der Waals surface area contributed by atoms with Crippen molar-refractivity contribution in [1.82, 2.24) is 15.0 Å². The number of rotatable bonds is 13. The van der Waals surface area contributed by atoms with Crippen molar-refractivity contribution in [1.29, 1.82) is 0 Å². The van der Waals surface area contributed by atoms with Crippen LogP contribution in [0.15, 0.2) is 220 Å². The molecule has 0 saturated heterocycles. The number of pyridine rings is 3. The maximum atomic E-state index is 5.15. The van der Waals surface area contributed by atoms with Crippen LogP contribution >= 0.6 is 47.8 Å². The van der Waals surface area contributed by atoms with E-state index in [0.717, 1.165) is 95.1 Å². The Kier molecular flexibility index (Phi) is 14.0. The van der Waals surface area contributed by atoms with Crippen molar-refractivity contribution in [2.45, 2.75) is 39.5 Å². The molecule has 0 aliphatic rings. The fourth-order valence-corrected chi connectivity index (χ4v) is 10.4. The number of nitrogens with zero attached hydrogens (tertiary/aromatic N) is 3. The number of aromatic nitrogens is 3. The highest BCUT2D eigenvalue weighted by Gasteiger charge is 2.18. The van der Waals surface area contributed by atoms with Crippen molar-refractivity contribution in [3.63, 3.8) is 0 Å². The quantitative estimate of drug-likeness (QED) is 0.115. The Balaban J connectivity index is 1.03. The van der Waals surface area contributed by atoms with E-state index >= 15 is 0 Å². The molecule has 3 heterocycles. The van der Waals surface area contributed by atoms with Crippen LogP contribution in [0, 0.1) is 13.8 Å². The summed E-state index contributed by atoms with van der Waals surface area (Å²) in [6.07, 6.45) is 9.73. The molecule has 10 rings (SSSR count). The van der Waals surface area contributed by atoms with E-state index in [2.05, 4.69) is 256 Å². The molecule has 0 aliphatic heterocycles. The molecule has 0 fully saturated rings. The second kappa shape index (κ2) is 21.0. The van der Waals surface area contributed by atoms with Gasteiger partial charge in [-0.05, 0) is 166 Å². The lowest BCUT2D eigenvalue weighted by Gasteiger charge is -2.18. The first-order chi connectivity index (χ1) is 33.7. The monoisotopic (exact) mass is 1080 g/mol. The predicted molar refractivity (Wildman–Crippen MR) is 298 cm³/mol. The molecule has 0 amide bonds. The van der Waals surface area contributed by atoms with Gasteiger partial charge in [0.25, 0.3) is 0 Å². The minimum Gasteiger partial charge on any atom is -0.256 e. The largest absolute Gasteiger partial charge is 0.256 e. The van der Waals surface area contributed by atoms with Crippen LogP contribution < -0.4 is 0 Å². The predicted octanol–water partition coefficient (Wildman–Crippen LogP) is 18.0. The van der Waals surface area contributed by atoms with Crippen molar-refractivity contribution in [2.75, 3.05) is 0 Å². The van der Waals surface area contributed by atoms with E-state index in [9.17, 15) is 0 Å². The summed E-state index contributed by atoms with van der Waals surface area (Å²) in [5, 5.41) is 0. The first-order valence-electron chi connectivity index (χ1n) is 23.3. The molecule has 0 N–H and O–H groups in total. The smallest absolute Gasteiger partial charge is 0.0709 e. The van der Waals surface area contributed by atoms with Crippen LogP contribution in [0.1, 0.15) is 33.4 Å². The van der Waals surface area contributed by atoms with Crippen molar-refractivity contribution < 1.29 is 0 Å². The average Bonchev–Trinajstić information content (AvgIpc) is 3.38. The third kappa shape index (κ3) is 10.8. The fourth-order valence-electron chi connectivity index (χ4n) is 9.23. The van der Waals surface area contributed by atoms with Crippen LogP contribution in [-0.2, 0) is 25.7 Å². The standard InChI is InChI=1S/C63H48Br3N3/c1-41-29-61(48-13-8-16-54(64)34-48)67-38-51(41)23-21-43-31-44(22-24-52-39-68-62(30-42(52)2)49-14-9-17-55(65)35-49)33-53(32-43)57-19-6-7-20-58(57)60-40-69-63(50-15-10-18-56(66)36-50)37-59(60)47-27-25-46(26-28-47)45-11-4-3-5-12-45/h3-20,25-40H,21-24H2,1-2H3. The highest BCUT2D eigenvalue weighted by molar-refractivity contribution is 9.11. The summed E-state index contributed by atoms with van der Waals surface area (Å²) in [6.45, 7) is 4.41. The molecule has 7 aromatic carbocycles. The second-order valence-electron chi connectivity index (χ2n) is 17.7. The topological polar surface area (TPSA) is 38.7 Å². The van der Waals surface area contributed by atoms with Gasteiger partial charge in [0.2, 0.25) is 0 Å². The first kappa shape index (κ1) is 46.2. The van der Waals surface area contributed by atoms with Gasteiger partial charge >= 0.3 is 0 Å². The number of benzene rings is 7. The van der Waals surface area contributed by atoms with E-state index in [4.69, 9.17) is 15.0 Å². The lowest BCUT2D eigenvalue weighted by molar-refractivity contribution is 0.913. The minimum atomic E-state index is 0.881. The molecule has 69 heavy (non-hydrogen) atoms. The molecule has 0 radical (unpaired) electrons. The maximum Gasteiger partial charge on any atom is 0.0709 e. The lowest BCUT2D eigenvalue weighted by atomic mass is 9.87. The van der Waals surface area contributed by atoms with E-state index in [1.807, 2.05) is 12.1 Å². The summed E-state index contributed by atoms with van der Waals surface area (Å²) in [5.41, 5.74) is 23.0. The third-order valence-electron chi connectivity index (χ3n) is 13.0. The number of aryl methyl sites for hydroxylation is 6. The van der Waals surface area contributed by atoms with E-state index in [1.165, 1.54) is 55.6 Å². The van der Waals surface area contributed by atoms with Gasteiger partial charge in [-0.2, -0.15) is 0 Å². The van der Waals surface area contributed by atoms with E-state index in [-0.39, 0.29) is 0 Å². The molecule has 3 nitrogen and oxygen atoms in total. The van der Waals surface area contributed by atoms with Crippen molar-refractivity contribution >= 4 is 47.8 Å². The van der Waals surface area contributed by atoms with E-state index in [1.54, 1.807) is 0 Å². The third-order valence-corrected chi connectivity index (χ3v) is 14.4. The van der Waals surface area contributed by atoms with Gasteiger partial charge in [-0.25, -0.2) is 0 Å². The summed E-state index contributed by atoms with van der Waals surface area (Å²) < 4.78 is 3.12. The SMILES string of the molecule is Cc1cc(-c2cccc(Br)c2)ncc1CCc1cc(CCc2cnc(-c3cccc(Br)c3)cc2C)cc(-c2ccccc2-c2cnc(-c3cccc(Br)c3)cc2-c2ccc(-c3ccccc3)cc2)c1. The van der Waals surface area contributed by atoms with E-state index < -0.39 is 0 Å². The molecule has 0 unspecified atom stereocenters. The molecule has 10 aromatic rings. The van der Waals surface area contributed by atoms with Gasteiger partial charge in [0.1, 0.15) is 0 Å². The molecule has 0 bridgehead atoms. The summed E-state index contributed by atoms with van der Waals surface area (Å²) in [7, 11) is 0. The van der Waals surface area contributed by atoms with Gasteiger partial charge < -0.3 is 0 Å².